The minimum absolute atomic E-state index is 0. The van der Waals surface area contributed by atoms with E-state index in [0.29, 0.717) is 19.8 Å². The number of rotatable bonds is 6. The smallest absolute Gasteiger partial charge is 0.119 e. The van der Waals surface area contributed by atoms with Crippen LogP contribution >= 0.6 is 12.4 Å². The van der Waals surface area contributed by atoms with Gasteiger partial charge in [-0.05, 0) is 23.3 Å². The largest absolute Gasteiger partial charge is 0.489 e. The summed E-state index contributed by atoms with van der Waals surface area (Å²) in [5, 5.41) is 9.07. The van der Waals surface area contributed by atoms with Gasteiger partial charge in [0.15, 0.2) is 0 Å². The molecule has 0 saturated carbocycles. The molecule has 5 heteroatoms. The van der Waals surface area contributed by atoms with E-state index in [2.05, 4.69) is 29.2 Å². The standard InChI is InChI=1S/C19H23NO3.ClH/c21-12-10-20-11-13-22-19(14-20)17-6-8-18(9-7-17)23-15-16-4-2-1-3-5-16;/h1-9,19,21H,10-15H2;1H. The average molecular weight is 350 g/mol. The molecular formula is C19H24ClNO3. The number of aliphatic hydroxyl groups is 1. The summed E-state index contributed by atoms with van der Waals surface area (Å²) in [4.78, 5) is 2.23. The number of morpholine rings is 1. The second-order valence-electron chi connectivity index (χ2n) is 5.73. The van der Waals surface area contributed by atoms with E-state index in [-0.39, 0.29) is 25.1 Å². The van der Waals surface area contributed by atoms with Crippen molar-refractivity contribution >= 4 is 12.4 Å². The molecule has 2 aromatic rings. The van der Waals surface area contributed by atoms with Gasteiger partial charge < -0.3 is 14.6 Å². The van der Waals surface area contributed by atoms with Crippen LogP contribution in [-0.2, 0) is 11.3 Å². The molecule has 1 saturated heterocycles. The lowest BCUT2D eigenvalue weighted by atomic mass is 10.1. The number of halogens is 1. The predicted octanol–water partition coefficient (Wildman–Crippen LogP) is 3.05. The zero-order valence-electron chi connectivity index (χ0n) is 13.6. The van der Waals surface area contributed by atoms with Crippen molar-refractivity contribution in [1.29, 1.82) is 0 Å². The van der Waals surface area contributed by atoms with E-state index in [1.165, 1.54) is 0 Å². The summed E-state index contributed by atoms with van der Waals surface area (Å²) >= 11 is 0. The van der Waals surface area contributed by atoms with E-state index in [1.54, 1.807) is 0 Å². The number of benzene rings is 2. The Bertz CT molecular complexity index is 589. The first-order valence-electron chi connectivity index (χ1n) is 8.06. The molecule has 1 fully saturated rings. The summed E-state index contributed by atoms with van der Waals surface area (Å²) in [7, 11) is 0. The molecule has 24 heavy (non-hydrogen) atoms. The van der Waals surface area contributed by atoms with Crippen LogP contribution < -0.4 is 4.74 Å². The minimum Gasteiger partial charge on any atom is -0.489 e. The summed E-state index contributed by atoms with van der Waals surface area (Å²) in [5.74, 6) is 0.862. The van der Waals surface area contributed by atoms with E-state index in [1.807, 2.05) is 30.3 Å². The average Bonchev–Trinajstić information content (AvgIpc) is 2.62. The summed E-state index contributed by atoms with van der Waals surface area (Å²) in [6.07, 6.45) is 0.0680. The van der Waals surface area contributed by atoms with Crippen LogP contribution in [-0.4, -0.2) is 42.9 Å². The van der Waals surface area contributed by atoms with E-state index < -0.39 is 0 Å². The SMILES string of the molecule is Cl.OCCN1CCOC(c2ccc(OCc3ccccc3)cc2)C1. The fourth-order valence-electron chi connectivity index (χ4n) is 2.77. The number of aliphatic hydroxyl groups excluding tert-OH is 1. The fourth-order valence-corrected chi connectivity index (χ4v) is 2.77. The molecule has 1 unspecified atom stereocenters. The van der Waals surface area contributed by atoms with Gasteiger partial charge in [0.05, 0.1) is 19.3 Å². The maximum Gasteiger partial charge on any atom is 0.119 e. The Morgan fingerprint density at radius 2 is 1.83 bits per heavy atom. The van der Waals surface area contributed by atoms with Crippen molar-refractivity contribution in [3.63, 3.8) is 0 Å². The van der Waals surface area contributed by atoms with Gasteiger partial charge in [-0.25, -0.2) is 0 Å². The normalized spacial score (nSPS) is 18.0. The molecule has 1 atom stereocenters. The second-order valence-corrected chi connectivity index (χ2v) is 5.73. The van der Waals surface area contributed by atoms with Crippen LogP contribution in [0.25, 0.3) is 0 Å². The van der Waals surface area contributed by atoms with Crippen molar-refractivity contribution in [3.05, 3.63) is 65.7 Å². The molecule has 4 nitrogen and oxygen atoms in total. The first-order chi connectivity index (χ1) is 11.3. The summed E-state index contributed by atoms with van der Waals surface area (Å²) < 4.78 is 11.7. The zero-order valence-corrected chi connectivity index (χ0v) is 14.5. The Kier molecular flexibility index (Phi) is 7.53. The molecule has 0 amide bonds. The van der Waals surface area contributed by atoms with Crippen LogP contribution in [0.3, 0.4) is 0 Å². The quantitative estimate of drug-likeness (QED) is 0.870. The first-order valence-corrected chi connectivity index (χ1v) is 8.06. The van der Waals surface area contributed by atoms with Gasteiger partial charge in [0, 0.05) is 19.6 Å². The van der Waals surface area contributed by atoms with Crippen molar-refractivity contribution in [2.75, 3.05) is 32.8 Å². The Labute approximate surface area is 149 Å². The van der Waals surface area contributed by atoms with E-state index in [9.17, 15) is 0 Å². The summed E-state index contributed by atoms with van der Waals surface area (Å²) in [5.41, 5.74) is 2.31. The van der Waals surface area contributed by atoms with Gasteiger partial charge in [-0.15, -0.1) is 12.4 Å². The van der Waals surface area contributed by atoms with Crippen LogP contribution in [0.2, 0.25) is 0 Å². The van der Waals surface area contributed by atoms with Crippen LogP contribution in [0, 0.1) is 0 Å². The molecule has 1 heterocycles. The highest BCUT2D eigenvalue weighted by atomic mass is 35.5. The third kappa shape index (κ3) is 5.21. The van der Waals surface area contributed by atoms with Gasteiger partial charge >= 0.3 is 0 Å². The van der Waals surface area contributed by atoms with Crippen LogP contribution in [0.4, 0.5) is 0 Å². The minimum atomic E-state index is 0. The molecule has 0 radical (unpaired) electrons. The van der Waals surface area contributed by atoms with Gasteiger partial charge in [0.1, 0.15) is 12.4 Å². The molecule has 0 spiro atoms. The molecule has 130 valence electrons. The zero-order chi connectivity index (χ0) is 15.9. The molecular weight excluding hydrogens is 326 g/mol. The Morgan fingerprint density at radius 3 is 2.54 bits per heavy atom. The summed E-state index contributed by atoms with van der Waals surface area (Å²) in [6, 6.07) is 18.3. The van der Waals surface area contributed by atoms with Crippen molar-refractivity contribution in [1.82, 2.24) is 4.90 Å². The second kappa shape index (κ2) is 9.64. The van der Waals surface area contributed by atoms with Crippen LogP contribution in [0.5, 0.6) is 5.75 Å². The highest BCUT2D eigenvalue weighted by Crippen LogP contribution is 2.24. The third-order valence-electron chi connectivity index (χ3n) is 4.07. The monoisotopic (exact) mass is 349 g/mol. The van der Waals surface area contributed by atoms with E-state index in [0.717, 1.165) is 30.0 Å². The molecule has 1 aliphatic rings. The fraction of sp³-hybridized carbons (Fsp3) is 0.368. The summed E-state index contributed by atoms with van der Waals surface area (Å²) in [6.45, 7) is 3.89. The van der Waals surface area contributed by atoms with E-state index in [4.69, 9.17) is 14.6 Å². The molecule has 1 aliphatic heterocycles. The lowest BCUT2D eigenvalue weighted by Crippen LogP contribution is -2.39. The molecule has 2 aromatic carbocycles. The Balaban J connectivity index is 0.00000208. The number of hydrogen-bond acceptors (Lipinski definition) is 4. The lowest BCUT2D eigenvalue weighted by molar-refractivity contribution is -0.0338. The number of hydrogen-bond donors (Lipinski definition) is 1. The van der Waals surface area contributed by atoms with Gasteiger partial charge in [0.2, 0.25) is 0 Å². The number of nitrogens with zero attached hydrogens (tertiary/aromatic N) is 1. The Hall–Kier alpha value is -1.59. The molecule has 0 aromatic heterocycles. The van der Waals surface area contributed by atoms with Crippen molar-refractivity contribution in [2.45, 2.75) is 12.7 Å². The van der Waals surface area contributed by atoms with Gasteiger partial charge in [0.25, 0.3) is 0 Å². The Morgan fingerprint density at radius 1 is 1.08 bits per heavy atom. The van der Waals surface area contributed by atoms with E-state index >= 15 is 0 Å². The highest BCUT2D eigenvalue weighted by molar-refractivity contribution is 5.85. The maximum atomic E-state index is 9.07. The predicted molar refractivity (Wildman–Crippen MR) is 96.7 cm³/mol. The first kappa shape index (κ1) is 18.7. The van der Waals surface area contributed by atoms with Crippen molar-refractivity contribution in [2.24, 2.45) is 0 Å². The van der Waals surface area contributed by atoms with Gasteiger partial charge in [-0.3, -0.25) is 4.90 Å². The highest BCUT2D eigenvalue weighted by Gasteiger charge is 2.21. The van der Waals surface area contributed by atoms with Gasteiger partial charge in [-0.2, -0.15) is 0 Å². The van der Waals surface area contributed by atoms with Crippen LogP contribution in [0.1, 0.15) is 17.2 Å². The molecule has 0 aliphatic carbocycles. The number of ether oxygens (including phenoxy) is 2. The topological polar surface area (TPSA) is 41.9 Å². The van der Waals surface area contributed by atoms with Crippen molar-refractivity contribution in [3.8, 4) is 5.75 Å². The maximum absolute atomic E-state index is 9.07. The molecule has 3 rings (SSSR count). The number of β-amino-alcohol motifs (C(OH)–C–C–N with tert-alkyl or cyclic N) is 1. The van der Waals surface area contributed by atoms with Crippen molar-refractivity contribution < 1.29 is 14.6 Å². The molecule has 1 N–H and O–H groups in total. The van der Waals surface area contributed by atoms with Gasteiger partial charge in [-0.1, -0.05) is 42.5 Å². The van der Waals surface area contributed by atoms with Crippen LogP contribution in [0.15, 0.2) is 54.6 Å². The third-order valence-corrected chi connectivity index (χ3v) is 4.07. The lowest BCUT2D eigenvalue weighted by Gasteiger charge is -2.32. The molecule has 0 bridgehead atoms.